The molecule has 0 saturated carbocycles. The highest BCUT2D eigenvalue weighted by Crippen LogP contribution is 2.49. The van der Waals surface area contributed by atoms with Gasteiger partial charge in [-0.25, -0.2) is 4.39 Å². The molecule has 2 atom stereocenters. The van der Waals surface area contributed by atoms with Crippen molar-refractivity contribution in [3.8, 4) is 0 Å². The fourth-order valence-corrected chi connectivity index (χ4v) is 4.84. The number of carbonyl (C=O) groups excluding carboxylic acids is 1. The molecule has 2 aliphatic rings. The van der Waals surface area contributed by atoms with E-state index in [9.17, 15) is 22.4 Å². The molecule has 2 heterocycles. The van der Waals surface area contributed by atoms with E-state index >= 15 is 0 Å². The standard InChI is InChI=1S/C19H23F4N2O2.Al.2H/c1-27-16(19(21,22)23)17(26)25-10-7-18(8-11-25)6-9-24-12-15(18)13-2-4-14(20)5-3-13;;;/h2-5,15,24H,6-12H2,1H3;;;. The number of ether oxygens (including phenoxy) is 1. The van der Waals surface area contributed by atoms with Gasteiger partial charge in [0, 0.05) is 32.7 Å². The minimum atomic E-state index is -4.72. The van der Waals surface area contributed by atoms with Crippen molar-refractivity contribution in [2.75, 3.05) is 33.3 Å². The predicted octanol–water partition coefficient (Wildman–Crippen LogP) is 2.05. The molecular weight excluding hydrogens is 391 g/mol. The van der Waals surface area contributed by atoms with Crippen molar-refractivity contribution < 1.29 is 27.1 Å². The first kappa shape index (κ1) is 21.6. The van der Waals surface area contributed by atoms with Gasteiger partial charge in [0.15, 0.2) is 4.46 Å². The molecule has 3 rings (SSSR count). The van der Waals surface area contributed by atoms with Crippen molar-refractivity contribution in [3.05, 3.63) is 35.6 Å². The molecule has 9 heteroatoms. The topological polar surface area (TPSA) is 41.6 Å². The lowest BCUT2D eigenvalue weighted by Crippen LogP contribution is -2.62. The van der Waals surface area contributed by atoms with Crippen LogP contribution in [-0.4, -0.2) is 71.0 Å². The number of benzene rings is 1. The third kappa shape index (κ3) is 3.82. The number of hydrogen-bond acceptors (Lipinski definition) is 3. The number of piperidine rings is 2. The van der Waals surface area contributed by atoms with Gasteiger partial charge in [-0.1, -0.05) is 12.1 Å². The van der Waals surface area contributed by atoms with E-state index < -0.39 is 32.8 Å². The number of likely N-dealkylation sites (tertiary alicyclic amines) is 1. The number of nitrogens with one attached hydrogen (secondary N) is 1. The van der Waals surface area contributed by atoms with Crippen LogP contribution < -0.4 is 5.32 Å². The lowest BCUT2D eigenvalue weighted by atomic mass is 9.62. The van der Waals surface area contributed by atoms with E-state index in [0.29, 0.717) is 12.8 Å². The molecule has 0 aliphatic carbocycles. The summed E-state index contributed by atoms with van der Waals surface area (Å²) in [4.78, 5) is 13.9. The predicted molar refractivity (Wildman–Crippen MR) is 99.2 cm³/mol. The average Bonchev–Trinajstić information content (AvgIpc) is 2.68. The van der Waals surface area contributed by atoms with Crippen molar-refractivity contribution >= 4 is 22.2 Å². The van der Waals surface area contributed by atoms with Gasteiger partial charge in [-0.2, -0.15) is 13.2 Å². The number of alkyl halides is 3. The number of methoxy groups -OCH3 is 1. The number of nitrogens with zero attached hydrogens (tertiary/aromatic N) is 1. The maximum absolute atomic E-state index is 13.4. The van der Waals surface area contributed by atoms with Crippen molar-refractivity contribution in [3.63, 3.8) is 0 Å². The summed E-state index contributed by atoms with van der Waals surface area (Å²) in [7, 11) is 0.946. The minimum Gasteiger partial charge on any atom is -0.376 e. The summed E-state index contributed by atoms with van der Waals surface area (Å²) in [5, 5.41) is 3.37. The van der Waals surface area contributed by atoms with Gasteiger partial charge in [0.1, 0.15) is 5.82 Å². The largest absolute Gasteiger partial charge is 0.411 e. The monoisotopic (exact) mass is 416 g/mol. The smallest absolute Gasteiger partial charge is 0.376 e. The molecular formula is C19H25AlF4N2O2. The Kier molecular flexibility index (Phi) is 6.12. The molecule has 1 N–H and O–H groups in total. The second kappa shape index (κ2) is 7.94. The van der Waals surface area contributed by atoms with Gasteiger partial charge in [0.2, 0.25) is 5.91 Å². The average molecular weight is 416 g/mol. The number of rotatable bonds is 3. The molecule has 0 aromatic heterocycles. The van der Waals surface area contributed by atoms with Crippen LogP contribution in [0, 0.1) is 11.2 Å². The molecule has 4 nitrogen and oxygen atoms in total. The first-order valence-electron chi connectivity index (χ1n) is 9.50. The number of halogens is 4. The van der Waals surface area contributed by atoms with Crippen LogP contribution in [0.3, 0.4) is 0 Å². The third-order valence-electron chi connectivity index (χ3n) is 6.56. The van der Waals surface area contributed by atoms with E-state index in [0.717, 1.165) is 32.2 Å². The van der Waals surface area contributed by atoms with E-state index in [1.165, 1.54) is 17.0 Å². The van der Waals surface area contributed by atoms with Crippen molar-refractivity contribution in [1.29, 1.82) is 0 Å². The molecule has 1 aromatic carbocycles. The van der Waals surface area contributed by atoms with Gasteiger partial charge >= 0.3 is 6.18 Å². The Balaban J connectivity index is 1.77. The Labute approximate surface area is 170 Å². The molecule has 0 bridgehead atoms. The van der Waals surface area contributed by atoms with Crippen LogP contribution in [0.15, 0.2) is 24.3 Å². The molecule has 1 spiro atoms. The first-order chi connectivity index (χ1) is 13.1. The van der Waals surface area contributed by atoms with Gasteiger partial charge < -0.3 is 15.0 Å². The van der Waals surface area contributed by atoms with Gasteiger partial charge in [-0.3, -0.25) is 4.79 Å². The molecule has 2 fully saturated rings. The number of amides is 1. The molecule has 1 aromatic rings. The zero-order chi connectivity index (χ0) is 20.6. The highest BCUT2D eigenvalue weighted by Gasteiger charge is 2.58. The second-order valence-corrected chi connectivity index (χ2v) is 9.36. The lowest BCUT2D eigenvalue weighted by Gasteiger charge is -2.50. The Hall–Kier alpha value is -1.14. The molecule has 1 amide bonds. The minimum absolute atomic E-state index is 0.0982. The number of carbonyl (C=O) groups is 1. The van der Waals surface area contributed by atoms with Gasteiger partial charge in [-0.05, 0) is 48.9 Å². The fourth-order valence-electron chi connectivity index (χ4n) is 4.52. The molecule has 154 valence electrons. The van der Waals surface area contributed by atoms with Crippen LogP contribution >= 0.6 is 0 Å². The summed E-state index contributed by atoms with van der Waals surface area (Å²) in [6.07, 6.45) is -2.58. The molecule has 2 saturated heterocycles. The van der Waals surface area contributed by atoms with Crippen LogP contribution in [0.2, 0.25) is 0 Å². The van der Waals surface area contributed by atoms with Gasteiger partial charge in [0.05, 0.1) is 0 Å². The van der Waals surface area contributed by atoms with E-state index in [1.54, 1.807) is 12.1 Å². The molecule has 28 heavy (non-hydrogen) atoms. The van der Waals surface area contributed by atoms with Crippen molar-refractivity contribution in [2.45, 2.75) is 35.8 Å². The van der Waals surface area contributed by atoms with Crippen LogP contribution in [0.4, 0.5) is 17.6 Å². The van der Waals surface area contributed by atoms with E-state index in [1.807, 2.05) is 0 Å². The fraction of sp³-hybridized carbons (Fsp3) is 0.632. The lowest BCUT2D eigenvalue weighted by molar-refractivity contribution is -0.235. The van der Waals surface area contributed by atoms with Crippen LogP contribution in [0.25, 0.3) is 0 Å². The SMILES string of the molecule is CO[C@]([AlH2])(C(=O)N1CCC2(CCNCC2c2ccc(F)cc2)CC1)C(F)(F)F. The zero-order valence-corrected chi connectivity index (χ0v) is 18.1. The third-order valence-corrected chi connectivity index (χ3v) is 7.97. The normalized spacial score (nSPS) is 24.8. The van der Waals surface area contributed by atoms with Gasteiger partial charge in [0.25, 0.3) is 16.3 Å². The summed E-state index contributed by atoms with van der Waals surface area (Å²) >= 11 is -0.462. The Bertz CT molecular complexity index is 705. The van der Waals surface area contributed by atoms with E-state index in [-0.39, 0.29) is 30.2 Å². The molecule has 1 unspecified atom stereocenters. The zero-order valence-electron chi connectivity index (χ0n) is 16.1. The highest BCUT2D eigenvalue weighted by atomic mass is 27.0. The van der Waals surface area contributed by atoms with E-state index in [4.69, 9.17) is 0 Å². The highest BCUT2D eigenvalue weighted by molar-refractivity contribution is 6.28. The maximum atomic E-state index is 13.4. The van der Waals surface area contributed by atoms with Crippen molar-refractivity contribution in [1.82, 2.24) is 10.2 Å². The van der Waals surface area contributed by atoms with Crippen LogP contribution in [-0.2, 0) is 9.53 Å². The summed E-state index contributed by atoms with van der Waals surface area (Å²) < 4.78 is 55.5. The Morgan fingerprint density at radius 3 is 2.36 bits per heavy atom. The Morgan fingerprint density at radius 1 is 1.21 bits per heavy atom. The quantitative estimate of drug-likeness (QED) is 0.606. The Morgan fingerprint density at radius 2 is 1.82 bits per heavy atom. The summed E-state index contributed by atoms with van der Waals surface area (Å²) in [6, 6.07) is 6.44. The van der Waals surface area contributed by atoms with Crippen LogP contribution in [0.5, 0.6) is 0 Å². The second-order valence-electron chi connectivity index (χ2n) is 7.95. The summed E-state index contributed by atoms with van der Waals surface area (Å²) in [6.45, 7) is 2.13. The number of hydrogen-bond donors (Lipinski definition) is 1. The first-order valence-corrected chi connectivity index (χ1v) is 10.5. The van der Waals surface area contributed by atoms with Crippen LogP contribution in [0.1, 0.15) is 30.7 Å². The van der Waals surface area contributed by atoms with E-state index in [2.05, 4.69) is 10.1 Å². The summed E-state index contributed by atoms with van der Waals surface area (Å²) in [5.41, 5.74) is 0.928. The molecule has 0 radical (unpaired) electrons. The van der Waals surface area contributed by atoms with Crippen molar-refractivity contribution in [2.24, 2.45) is 5.41 Å². The maximum Gasteiger partial charge on any atom is 0.411 e. The van der Waals surface area contributed by atoms with Gasteiger partial charge in [-0.15, -0.1) is 0 Å². The summed E-state index contributed by atoms with van der Waals surface area (Å²) in [5.74, 6) is -1.13. The molecule has 2 aliphatic heterocycles.